The number of hydrogen-bond donors (Lipinski definition) is 0. The zero-order chi connectivity index (χ0) is 28.8. The first-order chi connectivity index (χ1) is 21.8. The first-order valence-corrected chi connectivity index (χ1v) is 16.6. The summed E-state index contributed by atoms with van der Waals surface area (Å²) >= 11 is 3.85. The smallest absolute Gasteiger partial charge is 0.0534 e. The van der Waals surface area contributed by atoms with Gasteiger partial charge >= 0.3 is 0 Å². The topological polar surface area (TPSA) is 0 Å². The zero-order valence-electron chi connectivity index (χ0n) is 23.7. The molecule has 2 aromatic heterocycles. The molecule has 0 N–H and O–H groups in total. The quantitative estimate of drug-likeness (QED) is 0.175. The van der Waals surface area contributed by atoms with Crippen molar-refractivity contribution in [1.82, 2.24) is 0 Å². The molecule has 0 aliphatic heterocycles. The van der Waals surface area contributed by atoms with Crippen molar-refractivity contribution in [2.75, 3.05) is 0 Å². The van der Waals surface area contributed by atoms with Crippen LogP contribution in [0.4, 0.5) is 0 Å². The van der Waals surface area contributed by atoms with Gasteiger partial charge in [-0.15, -0.1) is 22.7 Å². The fraction of sp³-hybridized carbons (Fsp3) is 0. The van der Waals surface area contributed by atoms with Crippen LogP contribution in [0.1, 0.15) is 0 Å². The maximum absolute atomic E-state index is 2.44. The van der Waals surface area contributed by atoms with Gasteiger partial charge in [-0.25, -0.2) is 0 Å². The van der Waals surface area contributed by atoms with Crippen LogP contribution >= 0.6 is 22.7 Å². The second-order valence-corrected chi connectivity index (χ2v) is 13.7. The predicted molar refractivity (Wildman–Crippen MR) is 196 cm³/mol. The number of rotatable bonds is 2. The van der Waals surface area contributed by atoms with E-state index in [4.69, 9.17) is 0 Å². The highest BCUT2D eigenvalue weighted by atomic mass is 32.1. The third kappa shape index (κ3) is 3.44. The van der Waals surface area contributed by atoms with Crippen molar-refractivity contribution in [3.63, 3.8) is 0 Å². The monoisotopic (exact) mass is 592 g/mol. The molecule has 44 heavy (non-hydrogen) atoms. The van der Waals surface area contributed by atoms with Crippen molar-refractivity contribution in [3.8, 4) is 22.3 Å². The molecule has 0 nitrogen and oxygen atoms in total. The number of benzene rings is 8. The Morgan fingerprint density at radius 3 is 1.43 bits per heavy atom. The van der Waals surface area contributed by atoms with Crippen LogP contribution in [-0.4, -0.2) is 0 Å². The molecule has 8 aromatic carbocycles. The highest BCUT2D eigenvalue weighted by molar-refractivity contribution is 7.33. The molecule has 0 unspecified atom stereocenters. The van der Waals surface area contributed by atoms with E-state index in [-0.39, 0.29) is 0 Å². The molecular formula is C42H24S2. The summed E-state index contributed by atoms with van der Waals surface area (Å²) in [5.74, 6) is 0. The number of fused-ring (bicyclic) bond motifs is 10. The summed E-state index contributed by atoms with van der Waals surface area (Å²) < 4.78 is 5.51. The fourth-order valence-electron chi connectivity index (χ4n) is 7.27. The minimum atomic E-state index is 1.26. The lowest BCUT2D eigenvalue weighted by atomic mass is 9.85. The third-order valence-electron chi connectivity index (χ3n) is 9.24. The van der Waals surface area contributed by atoms with E-state index in [0.717, 1.165) is 0 Å². The Bertz CT molecular complexity index is 2720. The van der Waals surface area contributed by atoms with Crippen molar-refractivity contribution < 1.29 is 0 Å². The van der Waals surface area contributed by atoms with E-state index in [1.807, 2.05) is 22.7 Å². The summed E-state index contributed by atoms with van der Waals surface area (Å²) in [6.45, 7) is 0. The average molecular weight is 593 g/mol. The van der Waals surface area contributed by atoms with E-state index < -0.39 is 0 Å². The van der Waals surface area contributed by atoms with E-state index in [0.29, 0.717) is 0 Å². The Morgan fingerprint density at radius 1 is 0.295 bits per heavy atom. The maximum atomic E-state index is 2.44. The van der Waals surface area contributed by atoms with Crippen LogP contribution in [0.25, 0.3) is 94.9 Å². The highest BCUT2D eigenvalue weighted by Gasteiger charge is 2.18. The summed E-state index contributed by atoms with van der Waals surface area (Å²) in [5.41, 5.74) is 5.14. The molecule has 0 aliphatic rings. The summed E-state index contributed by atoms with van der Waals surface area (Å²) in [7, 11) is 0. The van der Waals surface area contributed by atoms with Crippen LogP contribution in [0.5, 0.6) is 0 Å². The molecule has 0 spiro atoms. The summed E-state index contributed by atoms with van der Waals surface area (Å²) in [6, 6.07) is 54.0. The minimum absolute atomic E-state index is 1.26. The van der Waals surface area contributed by atoms with Crippen LogP contribution in [0.3, 0.4) is 0 Å². The van der Waals surface area contributed by atoms with Crippen LogP contribution in [0, 0.1) is 0 Å². The lowest BCUT2D eigenvalue weighted by Crippen LogP contribution is -1.91. The van der Waals surface area contributed by atoms with Gasteiger partial charge < -0.3 is 0 Å². The third-order valence-corrected chi connectivity index (χ3v) is 11.8. The Labute approximate surface area is 262 Å². The van der Waals surface area contributed by atoms with Crippen molar-refractivity contribution in [2.45, 2.75) is 0 Å². The van der Waals surface area contributed by atoms with Gasteiger partial charge in [-0.3, -0.25) is 0 Å². The molecule has 204 valence electrons. The molecule has 0 amide bonds. The lowest BCUT2D eigenvalue weighted by molar-refractivity contribution is 1.69. The molecular weight excluding hydrogens is 569 g/mol. The molecule has 0 aliphatic carbocycles. The van der Waals surface area contributed by atoms with Crippen molar-refractivity contribution in [1.29, 1.82) is 0 Å². The van der Waals surface area contributed by atoms with Gasteiger partial charge in [0, 0.05) is 30.9 Å². The first kappa shape index (κ1) is 24.4. The molecule has 10 aromatic rings. The molecule has 2 heteroatoms. The van der Waals surface area contributed by atoms with Crippen LogP contribution in [0.2, 0.25) is 0 Å². The fourth-order valence-corrected chi connectivity index (χ4v) is 9.79. The van der Waals surface area contributed by atoms with Crippen molar-refractivity contribution in [3.05, 3.63) is 146 Å². The average Bonchev–Trinajstić information content (AvgIpc) is 3.65. The van der Waals surface area contributed by atoms with Gasteiger partial charge in [-0.1, -0.05) is 121 Å². The van der Waals surface area contributed by atoms with Crippen molar-refractivity contribution >= 4 is 95.3 Å². The van der Waals surface area contributed by atoms with Gasteiger partial charge in [0.05, 0.1) is 9.40 Å². The van der Waals surface area contributed by atoms with Gasteiger partial charge in [0.1, 0.15) is 0 Å². The van der Waals surface area contributed by atoms with Crippen molar-refractivity contribution in [2.24, 2.45) is 0 Å². The Kier molecular flexibility index (Phi) is 5.13. The van der Waals surface area contributed by atoms with Gasteiger partial charge in [0.15, 0.2) is 0 Å². The first-order valence-electron chi connectivity index (χ1n) is 15.0. The Morgan fingerprint density at radius 2 is 0.773 bits per heavy atom. The standard InChI is InChI=1S/C42H24S2/c1-2-10-26-23-27(18-17-25(26)9-1)39-30-12-3-5-14-32(30)40(33-15-6-4-13-31(33)39)28-19-22-38-36(24-28)35-21-20-34-29-11-7-8-16-37(29)43-41(34)42(35)44-38/h1-24H. The zero-order valence-corrected chi connectivity index (χ0v) is 25.3. The predicted octanol–water partition coefficient (Wildman–Crippen LogP) is 13.2. The number of thiophene rings is 2. The molecule has 0 saturated carbocycles. The van der Waals surface area contributed by atoms with E-state index in [1.54, 1.807) is 0 Å². The molecule has 0 bridgehead atoms. The largest absolute Gasteiger partial charge is 0.134 e. The van der Waals surface area contributed by atoms with Crippen LogP contribution < -0.4 is 0 Å². The van der Waals surface area contributed by atoms with Gasteiger partial charge in [-0.2, -0.15) is 0 Å². The lowest BCUT2D eigenvalue weighted by Gasteiger charge is -2.18. The van der Waals surface area contributed by atoms with Crippen LogP contribution in [0.15, 0.2) is 146 Å². The molecule has 0 fully saturated rings. The van der Waals surface area contributed by atoms with E-state index in [1.165, 1.54) is 94.9 Å². The van der Waals surface area contributed by atoms with E-state index >= 15 is 0 Å². The number of hydrogen-bond acceptors (Lipinski definition) is 2. The maximum Gasteiger partial charge on any atom is 0.0534 e. The molecule has 0 saturated heterocycles. The van der Waals surface area contributed by atoms with Gasteiger partial charge in [0.2, 0.25) is 0 Å². The summed E-state index contributed by atoms with van der Waals surface area (Å²) in [5, 5.41) is 13.1. The summed E-state index contributed by atoms with van der Waals surface area (Å²) in [6.07, 6.45) is 0. The molecule has 2 heterocycles. The second-order valence-electron chi connectivity index (χ2n) is 11.6. The highest BCUT2D eigenvalue weighted by Crippen LogP contribution is 2.48. The molecule has 10 rings (SSSR count). The SMILES string of the molecule is c1ccc2cc(-c3c4ccccc4c(-c4ccc5sc6c(ccc7c8ccccc8sc76)c5c4)c4ccccc34)ccc2c1. The minimum Gasteiger partial charge on any atom is -0.134 e. The summed E-state index contributed by atoms with van der Waals surface area (Å²) in [4.78, 5) is 0. The van der Waals surface area contributed by atoms with E-state index in [2.05, 4.69) is 146 Å². The second kappa shape index (κ2) is 9.24. The Hall–Kier alpha value is -5.02. The van der Waals surface area contributed by atoms with E-state index in [9.17, 15) is 0 Å². The molecule has 0 atom stereocenters. The van der Waals surface area contributed by atoms with Gasteiger partial charge in [0.25, 0.3) is 0 Å². The van der Waals surface area contributed by atoms with Gasteiger partial charge in [-0.05, 0) is 78.8 Å². The normalized spacial score (nSPS) is 12.1. The molecule has 0 radical (unpaired) electrons. The Balaban J connectivity index is 1.26. The van der Waals surface area contributed by atoms with Crippen LogP contribution in [-0.2, 0) is 0 Å².